The summed E-state index contributed by atoms with van der Waals surface area (Å²) in [5.74, 6) is 0.923. The highest BCUT2D eigenvalue weighted by Crippen LogP contribution is 2.32. The Morgan fingerprint density at radius 1 is 1.40 bits per heavy atom. The molecule has 0 radical (unpaired) electrons. The summed E-state index contributed by atoms with van der Waals surface area (Å²) in [5.41, 5.74) is 0. The van der Waals surface area contributed by atoms with Crippen molar-refractivity contribution in [1.82, 2.24) is 15.5 Å². The van der Waals surface area contributed by atoms with E-state index in [0.29, 0.717) is 18.1 Å². The fourth-order valence-electron chi connectivity index (χ4n) is 1.93. The quantitative estimate of drug-likeness (QED) is 0.801. The van der Waals surface area contributed by atoms with E-state index in [1.807, 2.05) is 13.1 Å². The summed E-state index contributed by atoms with van der Waals surface area (Å²) in [6.45, 7) is 2.05. The highest BCUT2D eigenvalue weighted by molar-refractivity contribution is 7.22. The van der Waals surface area contributed by atoms with Crippen molar-refractivity contribution < 1.29 is 8.91 Å². The van der Waals surface area contributed by atoms with Crippen LogP contribution in [0.15, 0.2) is 28.8 Å². The molecule has 20 heavy (non-hydrogen) atoms. The van der Waals surface area contributed by atoms with Crippen molar-refractivity contribution in [3.05, 3.63) is 35.9 Å². The predicted octanol–water partition coefficient (Wildman–Crippen LogP) is 3.24. The summed E-state index contributed by atoms with van der Waals surface area (Å²) >= 11 is 1.52. The van der Waals surface area contributed by atoms with Crippen molar-refractivity contribution in [2.75, 3.05) is 7.05 Å². The second-order valence-corrected chi connectivity index (χ2v) is 5.79. The molecule has 0 bridgehead atoms. The molecule has 0 spiro atoms. The van der Waals surface area contributed by atoms with Crippen molar-refractivity contribution in [3.63, 3.8) is 0 Å². The van der Waals surface area contributed by atoms with Crippen molar-refractivity contribution >= 4 is 21.4 Å². The topological polar surface area (TPSA) is 51.0 Å². The van der Waals surface area contributed by atoms with E-state index in [1.54, 1.807) is 6.07 Å². The Morgan fingerprint density at radius 2 is 2.25 bits per heavy atom. The van der Waals surface area contributed by atoms with Gasteiger partial charge in [-0.3, -0.25) is 0 Å². The van der Waals surface area contributed by atoms with E-state index < -0.39 is 0 Å². The maximum atomic E-state index is 13.2. The first-order valence-electron chi connectivity index (χ1n) is 6.35. The first-order valence-corrected chi connectivity index (χ1v) is 7.16. The van der Waals surface area contributed by atoms with Crippen molar-refractivity contribution in [2.24, 2.45) is 0 Å². The average molecular weight is 291 g/mol. The molecule has 0 saturated heterocycles. The predicted molar refractivity (Wildman–Crippen MR) is 77.3 cm³/mol. The van der Waals surface area contributed by atoms with Crippen LogP contribution in [0.5, 0.6) is 0 Å². The van der Waals surface area contributed by atoms with Gasteiger partial charge >= 0.3 is 0 Å². The van der Waals surface area contributed by atoms with Gasteiger partial charge in [-0.15, -0.1) is 11.3 Å². The van der Waals surface area contributed by atoms with E-state index in [0.717, 1.165) is 15.0 Å². The second kappa shape index (κ2) is 5.30. The molecule has 1 aromatic carbocycles. The van der Waals surface area contributed by atoms with Crippen molar-refractivity contribution in [1.29, 1.82) is 0 Å². The van der Waals surface area contributed by atoms with Gasteiger partial charge in [0, 0.05) is 17.2 Å². The minimum atomic E-state index is -0.240. The Balaban J connectivity index is 1.91. The standard InChI is InChI=1S/C14H14FN3OS/c1-8(16-2)5-13-17-14(19-18-13)12-7-9-6-10(15)3-4-11(9)20-12/h3-4,6-8,16H,5H2,1-2H3. The normalized spacial score (nSPS) is 12.9. The summed E-state index contributed by atoms with van der Waals surface area (Å²) in [7, 11) is 1.90. The second-order valence-electron chi connectivity index (χ2n) is 4.70. The smallest absolute Gasteiger partial charge is 0.268 e. The molecule has 1 atom stereocenters. The number of benzene rings is 1. The molecule has 2 aromatic heterocycles. The summed E-state index contributed by atoms with van der Waals surface area (Å²) in [4.78, 5) is 5.25. The van der Waals surface area contributed by atoms with E-state index in [2.05, 4.69) is 22.4 Å². The van der Waals surface area contributed by atoms with E-state index in [4.69, 9.17) is 4.52 Å². The van der Waals surface area contributed by atoms with Crippen LogP contribution in [0, 0.1) is 5.82 Å². The fourth-order valence-corrected chi connectivity index (χ4v) is 2.90. The largest absolute Gasteiger partial charge is 0.333 e. The van der Waals surface area contributed by atoms with E-state index in [-0.39, 0.29) is 11.9 Å². The van der Waals surface area contributed by atoms with Gasteiger partial charge in [-0.05, 0) is 43.6 Å². The molecule has 0 saturated carbocycles. The minimum absolute atomic E-state index is 0.240. The molecule has 1 N–H and O–H groups in total. The van der Waals surface area contributed by atoms with Gasteiger partial charge in [0.1, 0.15) is 5.82 Å². The van der Waals surface area contributed by atoms with Gasteiger partial charge in [-0.1, -0.05) is 5.16 Å². The Hall–Kier alpha value is -1.79. The Kier molecular flexibility index (Phi) is 3.50. The first-order chi connectivity index (χ1) is 9.65. The number of nitrogens with zero attached hydrogens (tertiary/aromatic N) is 2. The van der Waals surface area contributed by atoms with Gasteiger partial charge < -0.3 is 9.84 Å². The molecule has 4 nitrogen and oxygen atoms in total. The van der Waals surface area contributed by atoms with Crippen molar-refractivity contribution in [2.45, 2.75) is 19.4 Å². The van der Waals surface area contributed by atoms with E-state index in [1.165, 1.54) is 23.5 Å². The van der Waals surface area contributed by atoms with Crippen LogP contribution >= 0.6 is 11.3 Å². The van der Waals surface area contributed by atoms with Gasteiger partial charge in [-0.2, -0.15) is 4.98 Å². The molecular weight excluding hydrogens is 277 g/mol. The molecule has 0 aliphatic rings. The zero-order chi connectivity index (χ0) is 14.1. The van der Waals surface area contributed by atoms with E-state index in [9.17, 15) is 4.39 Å². The number of rotatable bonds is 4. The molecule has 0 amide bonds. The fraction of sp³-hybridized carbons (Fsp3) is 0.286. The van der Waals surface area contributed by atoms with Gasteiger partial charge in [0.15, 0.2) is 5.82 Å². The van der Waals surface area contributed by atoms with Gasteiger partial charge in [0.2, 0.25) is 0 Å². The van der Waals surface area contributed by atoms with Crippen LogP contribution in [0.3, 0.4) is 0 Å². The lowest BCUT2D eigenvalue weighted by atomic mass is 10.2. The van der Waals surface area contributed by atoms with Crippen LogP contribution in [0.25, 0.3) is 20.9 Å². The highest BCUT2D eigenvalue weighted by Gasteiger charge is 2.13. The Bertz CT molecular complexity index is 737. The zero-order valence-corrected chi connectivity index (χ0v) is 12.0. The SMILES string of the molecule is CNC(C)Cc1noc(-c2cc3cc(F)ccc3s2)n1. The molecule has 1 unspecified atom stereocenters. The third-order valence-corrected chi connectivity index (χ3v) is 4.24. The molecule has 3 aromatic rings. The third kappa shape index (κ3) is 2.57. The maximum absolute atomic E-state index is 13.2. The van der Waals surface area contributed by atoms with Crippen LogP contribution in [-0.4, -0.2) is 23.2 Å². The van der Waals surface area contributed by atoms with E-state index >= 15 is 0 Å². The Morgan fingerprint density at radius 3 is 3.05 bits per heavy atom. The number of nitrogens with one attached hydrogen (secondary N) is 1. The van der Waals surface area contributed by atoms with Gasteiger partial charge in [0.25, 0.3) is 5.89 Å². The van der Waals surface area contributed by atoms with Crippen LogP contribution in [0.2, 0.25) is 0 Å². The molecule has 0 fully saturated rings. The maximum Gasteiger partial charge on any atom is 0.268 e. The van der Waals surface area contributed by atoms with Crippen LogP contribution in [0.1, 0.15) is 12.7 Å². The third-order valence-electron chi connectivity index (χ3n) is 3.14. The molecule has 6 heteroatoms. The summed E-state index contributed by atoms with van der Waals surface area (Å²) in [6.07, 6.45) is 0.708. The number of fused-ring (bicyclic) bond motifs is 1. The minimum Gasteiger partial charge on any atom is -0.333 e. The molecule has 0 aliphatic carbocycles. The van der Waals surface area contributed by atoms with Gasteiger partial charge in [-0.25, -0.2) is 4.39 Å². The molecular formula is C14H14FN3OS. The summed E-state index contributed by atoms with van der Waals surface area (Å²) < 4.78 is 19.5. The molecule has 104 valence electrons. The number of thiophene rings is 1. The lowest BCUT2D eigenvalue weighted by Crippen LogP contribution is -2.24. The summed E-state index contributed by atoms with van der Waals surface area (Å²) in [5, 5.41) is 7.96. The summed E-state index contributed by atoms with van der Waals surface area (Å²) in [6, 6.07) is 6.89. The number of halogens is 1. The molecule has 2 heterocycles. The first kappa shape index (κ1) is 13.2. The number of hydrogen-bond donors (Lipinski definition) is 1. The highest BCUT2D eigenvalue weighted by atomic mass is 32.1. The van der Waals surface area contributed by atoms with Crippen LogP contribution in [0.4, 0.5) is 4.39 Å². The lowest BCUT2D eigenvalue weighted by molar-refractivity contribution is 0.419. The number of aromatic nitrogens is 2. The molecule has 0 aliphatic heterocycles. The lowest BCUT2D eigenvalue weighted by Gasteiger charge is -2.04. The monoisotopic (exact) mass is 291 g/mol. The number of likely N-dealkylation sites (N-methyl/N-ethyl adjacent to an activating group) is 1. The Labute approximate surface area is 119 Å². The van der Waals surface area contributed by atoms with Gasteiger partial charge in [0.05, 0.1) is 4.88 Å². The average Bonchev–Trinajstić information content (AvgIpc) is 3.04. The van der Waals surface area contributed by atoms with Crippen LogP contribution in [-0.2, 0) is 6.42 Å². The zero-order valence-electron chi connectivity index (χ0n) is 11.2. The van der Waals surface area contributed by atoms with Crippen molar-refractivity contribution in [3.8, 4) is 10.8 Å². The number of hydrogen-bond acceptors (Lipinski definition) is 5. The molecule has 3 rings (SSSR count). The van der Waals surface area contributed by atoms with Crippen LogP contribution < -0.4 is 5.32 Å².